The van der Waals surface area contributed by atoms with Crippen LogP contribution in [0.15, 0.2) is 24.3 Å². The van der Waals surface area contributed by atoms with Crippen molar-refractivity contribution in [3.63, 3.8) is 0 Å². The van der Waals surface area contributed by atoms with Crippen LogP contribution in [0.4, 0.5) is 0 Å². The summed E-state index contributed by atoms with van der Waals surface area (Å²) in [5, 5.41) is 0.569. The Kier molecular flexibility index (Phi) is 2.91. The molecule has 0 fully saturated rings. The standard InChI is InChI=1S/C7H7ClO2S/c8-7-3-1-2-6(4-7)5-11(9)10/h1-4,11H,5H2. The number of benzene rings is 1. The van der Waals surface area contributed by atoms with Crippen LogP contribution in [0.3, 0.4) is 0 Å². The molecule has 0 aliphatic carbocycles. The van der Waals surface area contributed by atoms with Crippen LogP contribution in [-0.2, 0) is 16.5 Å². The van der Waals surface area contributed by atoms with Crippen molar-refractivity contribution in [2.24, 2.45) is 0 Å². The molecule has 2 nitrogen and oxygen atoms in total. The molecule has 0 amide bonds. The second-order valence-corrected chi connectivity index (χ2v) is 3.54. The van der Waals surface area contributed by atoms with Crippen molar-refractivity contribution in [2.75, 3.05) is 0 Å². The van der Waals surface area contributed by atoms with E-state index >= 15 is 0 Å². The average Bonchev–Trinajstić information content (AvgIpc) is 1.85. The average molecular weight is 191 g/mol. The molecule has 1 rings (SSSR count). The third-order valence-electron chi connectivity index (χ3n) is 1.20. The number of rotatable bonds is 2. The normalized spacial score (nSPS) is 10.4. The second kappa shape index (κ2) is 3.74. The molecule has 4 heteroatoms. The van der Waals surface area contributed by atoms with E-state index in [2.05, 4.69) is 0 Å². The van der Waals surface area contributed by atoms with Gasteiger partial charge in [0.25, 0.3) is 0 Å². The van der Waals surface area contributed by atoms with Gasteiger partial charge in [-0.1, -0.05) is 23.7 Å². The fraction of sp³-hybridized carbons (Fsp3) is 0.143. The Balaban J connectivity index is 2.87. The summed E-state index contributed by atoms with van der Waals surface area (Å²) in [4.78, 5) is 0. The maximum atomic E-state index is 10.3. The summed E-state index contributed by atoms with van der Waals surface area (Å²) >= 11 is 5.63. The molecule has 0 radical (unpaired) electrons. The van der Waals surface area contributed by atoms with E-state index in [1.54, 1.807) is 24.3 Å². The molecule has 0 aliphatic heterocycles. The Labute approximate surface area is 71.8 Å². The summed E-state index contributed by atoms with van der Waals surface area (Å²) in [5.74, 6) is 0.0654. The number of halogens is 1. The van der Waals surface area contributed by atoms with Crippen molar-refractivity contribution in [3.8, 4) is 0 Å². The van der Waals surface area contributed by atoms with Gasteiger partial charge in [0, 0.05) is 5.02 Å². The van der Waals surface area contributed by atoms with Gasteiger partial charge in [0.1, 0.15) is 10.7 Å². The fourth-order valence-electron chi connectivity index (χ4n) is 0.784. The molecule has 0 saturated heterocycles. The first kappa shape index (κ1) is 8.56. The van der Waals surface area contributed by atoms with Crippen LogP contribution in [0, 0.1) is 0 Å². The van der Waals surface area contributed by atoms with E-state index in [1.807, 2.05) is 0 Å². The first-order valence-corrected chi connectivity index (χ1v) is 4.79. The van der Waals surface area contributed by atoms with E-state index in [0.717, 1.165) is 5.56 Å². The molecule has 1 aromatic rings. The maximum Gasteiger partial charge on any atom is 0.144 e. The molecule has 0 N–H and O–H groups in total. The van der Waals surface area contributed by atoms with E-state index in [9.17, 15) is 8.42 Å². The van der Waals surface area contributed by atoms with Crippen molar-refractivity contribution in [1.82, 2.24) is 0 Å². The van der Waals surface area contributed by atoms with Crippen molar-refractivity contribution in [1.29, 1.82) is 0 Å². The summed E-state index contributed by atoms with van der Waals surface area (Å²) < 4.78 is 20.5. The van der Waals surface area contributed by atoms with Gasteiger partial charge in [0.05, 0.1) is 5.75 Å². The summed E-state index contributed by atoms with van der Waals surface area (Å²) in [6.07, 6.45) is 0. The van der Waals surface area contributed by atoms with Gasteiger partial charge < -0.3 is 0 Å². The minimum absolute atomic E-state index is 0.0654. The van der Waals surface area contributed by atoms with Gasteiger partial charge in [-0.05, 0) is 17.7 Å². The predicted octanol–water partition coefficient (Wildman–Crippen LogP) is 1.45. The molecule has 1 aromatic carbocycles. The van der Waals surface area contributed by atoms with Gasteiger partial charge in [-0.3, -0.25) is 0 Å². The zero-order chi connectivity index (χ0) is 8.27. The molecule has 0 aromatic heterocycles. The third-order valence-corrected chi connectivity index (χ3v) is 2.06. The summed E-state index contributed by atoms with van der Waals surface area (Å²) in [7, 11) is -2.35. The van der Waals surface area contributed by atoms with Gasteiger partial charge in [0.2, 0.25) is 0 Å². The molecule has 0 heterocycles. The van der Waals surface area contributed by atoms with Crippen LogP contribution in [0.5, 0.6) is 0 Å². The van der Waals surface area contributed by atoms with Crippen LogP contribution in [0.1, 0.15) is 5.56 Å². The molecule has 60 valence electrons. The number of thiol groups is 1. The largest absolute Gasteiger partial charge is 0.232 e. The van der Waals surface area contributed by atoms with E-state index in [-0.39, 0.29) is 5.75 Å². The summed E-state index contributed by atoms with van der Waals surface area (Å²) in [6.45, 7) is 0. The monoisotopic (exact) mass is 190 g/mol. The molecule has 0 saturated carbocycles. The third kappa shape index (κ3) is 2.91. The molecule has 0 unspecified atom stereocenters. The smallest absolute Gasteiger partial charge is 0.144 e. The minimum Gasteiger partial charge on any atom is -0.232 e. The van der Waals surface area contributed by atoms with Crippen molar-refractivity contribution in [3.05, 3.63) is 34.9 Å². The lowest BCUT2D eigenvalue weighted by molar-refractivity contribution is 0.614. The highest BCUT2D eigenvalue weighted by molar-refractivity contribution is 7.71. The second-order valence-electron chi connectivity index (χ2n) is 2.12. The molecule has 0 atom stereocenters. The minimum atomic E-state index is -2.35. The first-order valence-electron chi connectivity index (χ1n) is 3.05. The zero-order valence-electron chi connectivity index (χ0n) is 5.66. The fourth-order valence-corrected chi connectivity index (χ4v) is 1.49. The Hall–Kier alpha value is -0.540. The van der Waals surface area contributed by atoms with E-state index in [0.29, 0.717) is 5.02 Å². The molecule has 0 spiro atoms. The molecule has 0 aliphatic rings. The summed E-state index contributed by atoms with van der Waals surface area (Å²) in [5.41, 5.74) is 0.730. The van der Waals surface area contributed by atoms with E-state index in [4.69, 9.17) is 11.6 Å². The molecular formula is C7H7ClO2S. The van der Waals surface area contributed by atoms with Crippen LogP contribution in [0.2, 0.25) is 5.02 Å². The number of hydrogen-bond acceptors (Lipinski definition) is 2. The lowest BCUT2D eigenvalue weighted by Crippen LogP contribution is -1.85. The molecule has 11 heavy (non-hydrogen) atoms. The van der Waals surface area contributed by atoms with Gasteiger partial charge in [0.15, 0.2) is 0 Å². The highest BCUT2D eigenvalue weighted by Gasteiger charge is 1.93. The predicted molar refractivity (Wildman–Crippen MR) is 45.5 cm³/mol. The quantitative estimate of drug-likeness (QED) is 0.717. The number of hydrogen-bond donors (Lipinski definition) is 1. The van der Waals surface area contributed by atoms with Crippen LogP contribution >= 0.6 is 11.6 Å². The van der Waals surface area contributed by atoms with Crippen molar-refractivity contribution in [2.45, 2.75) is 5.75 Å². The Morgan fingerprint density at radius 3 is 2.64 bits per heavy atom. The van der Waals surface area contributed by atoms with Gasteiger partial charge in [-0.15, -0.1) is 0 Å². The van der Waals surface area contributed by atoms with Crippen LogP contribution < -0.4 is 0 Å². The Morgan fingerprint density at radius 2 is 2.09 bits per heavy atom. The van der Waals surface area contributed by atoms with Gasteiger partial charge >= 0.3 is 0 Å². The Bertz CT molecular complexity index is 312. The molecule has 0 bridgehead atoms. The lowest BCUT2D eigenvalue weighted by atomic mass is 10.2. The Morgan fingerprint density at radius 1 is 1.36 bits per heavy atom. The van der Waals surface area contributed by atoms with Crippen LogP contribution in [0.25, 0.3) is 0 Å². The SMILES string of the molecule is O=[SH](=O)Cc1cccc(Cl)c1. The summed E-state index contributed by atoms with van der Waals surface area (Å²) in [6, 6.07) is 6.82. The highest BCUT2D eigenvalue weighted by Crippen LogP contribution is 2.10. The van der Waals surface area contributed by atoms with E-state index in [1.165, 1.54) is 0 Å². The van der Waals surface area contributed by atoms with Crippen molar-refractivity contribution >= 4 is 22.3 Å². The van der Waals surface area contributed by atoms with E-state index < -0.39 is 10.7 Å². The zero-order valence-corrected chi connectivity index (χ0v) is 7.31. The maximum absolute atomic E-state index is 10.3. The topological polar surface area (TPSA) is 34.1 Å². The lowest BCUT2D eigenvalue weighted by Gasteiger charge is -1.93. The highest BCUT2D eigenvalue weighted by atomic mass is 35.5. The molecular weight excluding hydrogens is 184 g/mol. The van der Waals surface area contributed by atoms with Gasteiger partial charge in [-0.2, -0.15) is 0 Å². The first-order chi connectivity index (χ1) is 5.18. The van der Waals surface area contributed by atoms with Crippen molar-refractivity contribution < 1.29 is 8.42 Å². The van der Waals surface area contributed by atoms with Gasteiger partial charge in [-0.25, -0.2) is 8.42 Å². The van der Waals surface area contributed by atoms with Crippen LogP contribution in [-0.4, -0.2) is 8.42 Å².